The van der Waals surface area contributed by atoms with Crippen LogP contribution in [0.15, 0.2) is 18.2 Å². The van der Waals surface area contributed by atoms with Crippen LogP contribution in [0.2, 0.25) is 0 Å². The number of carbonyl (C=O) groups excluding carboxylic acids is 2. The summed E-state index contributed by atoms with van der Waals surface area (Å²) < 4.78 is 24.2. The molecule has 1 aromatic rings. The smallest absolute Gasteiger partial charge is 0.444 e. The first-order chi connectivity index (χ1) is 11.5. The van der Waals surface area contributed by atoms with Crippen molar-refractivity contribution >= 4 is 30.5 Å². The van der Waals surface area contributed by atoms with Gasteiger partial charge in [-0.2, -0.15) is 0 Å². The molecule has 0 saturated carbocycles. The lowest BCUT2D eigenvalue weighted by Gasteiger charge is -2.27. The lowest BCUT2D eigenvalue weighted by molar-refractivity contribution is -0.00992. The van der Waals surface area contributed by atoms with E-state index in [2.05, 4.69) is 0 Å². The third-order valence-electron chi connectivity index (χ3n) is 3.48. The van der Waals surface area contributed by atoms with Crippen molar-refractivity contribution in [1.29, 1.82) is 0 Å². The third-order valence-corrected chi connectivity index (χ3v) is 3.48. The predicted molar refractivity (Wildman–Crippen MR) is 87.8 cm³/mol. The van der Waals surface area contributed by atoms with E-state index in [4.69, 9.17) is 19.5 Å². The van der Waals surface area contributed by atoms with Gasteiger partial charge in [0.1, 0.15) is 11.4 Å². The summed E-state index contributed by atoms with van der Waals surface area (Å²) in [7, 11) is -0.521. The average molecular weight is 354 g/mol. The van der Waals surface area contributed by atoms with Gasteiger partial charge in [-0.25, -0.2) is 14.0 Å². The van der Waals surface area contributed by atoms with Gasteiger partial charge >= 0.3 is 19.3 Å². The van der Waals surface area contributed by atoms with Crippen molar-refractivity contribution in [2.24, 2.45) is 0 Å². The number of nitrogens with zero attached hydrogens (tertiary/aromatic N) is 2. The second-order valence-electron chi connectivity index (χ2n) is 6.62. The molecule has 10 heteroatoms. The van der Waals surface area contributed by atoms with Crippen LogP contribution < -0.4 is 10.4 Å². The van der Waals surface area contributed by atoms with Crippen molar-refractivity contribution in [3.63, 3.8) is 0 Å². The predicted octanol–water partition coefficient (Wildman–Crippen LogP) is 0.655. The van der Waals surface area contributed by atoms with Crippen LogP contribution in [0.3, 0.4) is 0 Å². The number of halogens is 1. The van der Waals surface area contributed by atoms with E-state index in [0.29, 0.717) is 0 Å². The number of benzene rings is 1. The summed E-state index contributed by atoms with van der Waals surface area (Å²) in [6.07, 6.45) is -2.30. The van der Waals surface area contributed by atoms with Crippen LogP contribution in [-0.2, 0) is 9.47 Å². The Labute approximate surface area is 144 Å². The largest absolute Gasteiger partial charge is 0.491 e. The van der Waals surface area contributed by atoms with E-state index in [-0.39, 0.29) is 17.7 Å². The molecule has 0 spiro atoms. The quantitative estimate of drug-likeness (QED) is 0.774. The monoisotopic (exact) mass is 354 g/mol. The van der Waals surface area contributed by atoms with Crippen LogP contribution in [0, 0.1) is 5.82 Å². The molecule has 1 heterocycles. The molecule has 2 rings (SSSR count). The maximum Gasteiger partial charge on any atom is 0.491 e. The molecule has 0 radical (unpaired) electrons. The molecule has 2 N–H and O–H groups in total. The van der Waals surface area contributed by atoms with E-state index in [1.54, 1.807) is 20.8 Å². The zero-order chi connectivity index (χ0) is 18.9. The fourth-order valence-corrected chi connectivity index (χ4v) is 2.21. The highest BCUT2D eigenvalue weighted by molar-refractivity contribution is 6.58. The summed E-state index contributed by atoms with van der Waals surface area (Å²) in [5.74, 6) is -0.871. The number of cyclic esters (lactones) is 1. The minimum absolute atomic E-state index is 0.0188. The molecule has 1 aromatic carbocycles. The summed E-state index contributed by atoms with van der Waals surface area (Å²) in [4.78, 5) is 26.4. The first-order valence-electron chi connectivity index (χ1n) is 7.59. The van der Waals surface area contributed by atoms with Gasteiger partial charge in [0.2, 0.25) is 0 Å². The second-order valence-corrected chi connectivity index (χ2v) is 6.62. The lowest BCUT2D eigenvalue weighted by Crippen LogP contribution is -2.42. The van der Waals surface area contributed by atoms with E-state index >= 15 is 0 Å². The Morgan fingerprint density at radius 3 is 2.60 bits per heavy atom. The first-order valence-corrected chi connectivity index (χ1v) is 7.59. The highest BCUT2D eigenvalue weighted by Gasteiger charge is 2.38. The van der Waals surface area contributed by atoms with Crippen LogP contribution in [0.1, 0.15) is 20.8 Å². The topological polar surface area (TPSA) is 99.5 Å². The standard InChI is InChI=1S/C15H20BFN2O6/c1-15(2,3)25-13(20)18(4)12-8-19(14(21)24-12)9-5-6-10(16(22)23)11(17)7-9/h5-7,12,22-23H,8H2,1-4H3/t12-/m0/s1. The molecule has 25 heavy (non-hydrogen) atoms. The van der Waals surface area contributed by atoms with E-state index in [1.807, 2.05) is 0 Å². The van der Waals surface area contributed by atoms with E-state index in [0.717, 1.165) is 21.9 Å². The Kier molecular flexibility index (Phi) is 5.24. The molecular weight excluding hydrogens is 334 g/mol. The molecule has 0 unspecified atom stereocenters. The molecule has 1 fully saturated rings. The normalized spacial score (nSPS) is 17.3. The number of ether oxygens (including phenoxy) is 2. The molecule has 2 amide bonds. The Morgan fingerprint density at radius 2 is 2.08 bits per heavy atom. The van der Waals surface area contributed by atoms with Crippen LogP contribution >= 0.6 is 0 Å². The van der Waals surface area contributed by atoms with Gasteiger partial charge in [0, 0.05) is 12.5 Å². The van der Waals surface area contributed by atoms with Crippen molar-refractivity contribution in [1.82, 2.24) is 4.90 Å². The first kappa shape index (κ1) is 19.0. The number of anilines is 1. The highest BCUT2D eigenvalue weighted by Crippen LogP contribution is 2.24. The molecule has 1 aliphatic heterocycles. The number of hydrogen-bond donors (Lipinski definition) is 2. The highest BCUT2D eigenvalue weighted by atomic mass is 19.1. The van der Waals surface area contributed by atoms with Crippen LogP contribution in [-0.4, -0.2) is 59.7 Å². The maximum atomic E-state index is 13.9. The van der Waals surface area contributed by atoms with E-state index in [1.165, 1.54) is 13.1 Å². The van der Waals surface area contributed by atoms with Crippen molar-refractivity contribution in [2.45, 2.75) is 32.6 Å². The van der Waals surface area contributed by atoms with Gasteiger partial charge in [-0.05, 0) is 32.9 Å². The number of hydrogen-bond acceptors (Lipinski definition) is 6. The SMILES string of the molecule is CN(C(=O)OC(C)(C)C)[C@@H]1CN(c2ccc(B(O)O)c(F)c2)C(=O)O1. The van der Waals surface area contributed by atoms with E-state index < -0.39 is 37.0 Å². The second kappa shape index (κ2) is 6.89. The summed E-state index contributed by atoms with van der Waals surface area (Å²) in [6, 6.07) is 3.51. The van der Waals surface area contributed by atoms with Crippen molar-refractivity contribution < 1.29 is 33.5 Å². The fourth-order valence-electron chi connectivity index (χ4n) is 2.21. The van der Waals surface area contributed by atoms with Gasteiger partial charge < -0.3 is 19.5 Å². The van der Waals surface area contributed by atoms with Gasteiger partial charge in [0.15, 0.2) is 6.23 Å². The van der Waals surface area contributed by atoms with Gasteiger partial charge in [-0.15, -0.1) is 0 Å². The van der Waals surface area contributed by atoms with Gasteiger partial charge in [0.25, 0.3) is 0 Å². The molecule has 1 saturated heterocycles. The summed E-state index contributed by atoms with van der Waals surface area (Å²) >= 11 is 0. The summed E-state index contributed by atoms with van der Waals surface area (Å²) in [5, 5.41) is 18.1. The maximum absolute atomic E-state index is 13.9. The molecule has 136 valence electrons. The van der Waals surface area contributed by atoms with Gasteiger partial charge in [0.05, 0.1) is 12.2 Å². The molecule has 0 aliphatic carbocycles. The molecule has 0 aromatic heterocycles. The Balaban J connectivity index is 2.12. The van der Waals surface area contributed by atoms with Crippen molar-refractivity contribution in [2.75, 3.05) is 18.5 Å². The van der Waals surface area contributed by atoms with Crippen molar-refractivity contribution in [3.05, 3.63) is 24.0 Å². The molecule has 8 nitrogen and oxygen atoms in total. The number of carbonyl (C=O) groups is 2. The average Bonchev–Trinajstić information content (AvgIpc) is 2.86. The zero-order valence-corrected chi connectivity index (χ0v) is 14.4. The molecule has 1 aliphatic rings. The van der Waals surface area contributed by atoms with Crippen LogP contribution in [0.25, 0.3) is 0 Å². The van der Waals surface area contributed by atoms with Gasteiger partial charge in [-0.1, -0.05) is 6.07 Å². The Morgan fingerprint density at radius 1 is 1.44 bits per heavy atom. The number of amides is 2. The fraction of sp³-hybridized carbons (Fsp3) is 0.467. The molecule has 1 atom stereocenters. The molecular formula is C15H20BFN2O6. The molecule has 0 bridgehead atoms. The minimum Gasteiger partial charge on any atom is -0.444 e. The minimum atomic E-state index is -1.95. The van der Waals surface area contributed by atoms with Crippen molar-refractivity contribution in [3.8, 4) is 0 Å². The van der Waals surface area contributed by atoms with Crippen LogP contribution in [0.4, 0.5) is 19.7 Å². The summed E-state index contributed by atoms with van der Waals surface area (Å²) in [5.41, 5.74) is -0.830. The Bertz CT molecular complexity index is 678. The van der Waals surface area contributed by atoms with Crippen LogP contribution in [0.5, 0.6) is 0 Å². The van der Waals surface area contributed by atoms with Gasteiger partial charge in [-0.3, -0.25) is 9.80 Å². The Hall–Kier alpha value is -2.33. The lowest BCUT2D eigenvalue weighted by atomic mass is 9.80. The third kappa shape index (κ3) is 4.40. The summed E-state index contributed by atoms with van der Waals surface area (Å²) in [6.45, 7) is 5.12. The number of likely N-dealkylation sites (N-methyl/N-ethyl adjacent to an activating group) is 1. The van der Waals surface area contributed by atoms with E-state index in [9.17, 15) is 14.0 Å². The number of rotatable bonds is 3. The zero-order valence-electron chi connectivity index (χ0n) is 14.4.